The first-order valence-corrected chi connectivity index (χ1v) is 5.73. The maximum atomic E-state index is 10.7. The molecular formula is C14H11N3O3. The summed E-state index contributed by atoms with van der Waals surface area (Å²) in [5, 5.41) is 22.8. The van der Waals surface area contributed by atoms with E-state index in [1.807, 2.05) is 12.1 Å². The molecule has 100 valence electrons. The van der Waals surface area contributed by atoms with Crippen LogP contribution < -0.4 is 10.1 Å². The first-order valence-electron chi connectivity index (χ1n) is 5.73. The van der Waals surface area contributed by atoms with Gasteiger partial charge >= 0.3 is 0 Å². The van der Waals surface area contributed by atoms with Crippen molar-refractivity contribution in [2.45, 2.75) is 0 Å². The van der Waals surface area contributed by atoms with E-state index in [-0.39, 0.29) is 11.3 Å². The Labute approximate surface area is 115 Å². The van der Waals surface area contributed by atoms with Gasteiger partial charge in [0.2, 0.25) is 0 Å². The Hall–Kier alpha value is -3.07. The van der Waals surface area contributed by atoms with Gasteiger partial charge in [0, 0.05) is 23.9 Å². The lowest BCUT2D eigenvalue weighted by Crippen LogP contribution is -1.96. The molecule has 0 unspecified atom stereocenters. The van der Waals surface area contributed by atoms with Crippen LogP contribution >= 0.6 is 0 Å². The van der Waals surface area contributed by atoms with Gasteiger partial charge in [0.1, 0.15) is 11.8 Å². The molecule has 0 amide bonds. The lowest BCUT2D eigenvalue weighted by molar-refractivity contribution is -0.384. The third-order valence-corrected chi connectivity index (χ3v) is 2.68. The molecule has 0 aliphatic rings. The number of rotatable bonds is 4. The van der Waals surface area contributed by atoms with E-state index in [0.717, 1.165) is 5.69 Å². The SMILES string of the molecule is COc1cccc(Nc2ccc([N+](=O)[O-])cc2C#N)c1. The zero-order valence-corrected chi connectivity index (χ0v) is 10.7. The molecular weight excluding hydrogens is 258 g/mol. The normalized spacial score (nSPS) is 9.60. The Balaban J connectivity index is 2.33. The second-order valence-electron chi connectivity index (χ2n) is 3.96. The van der Waals surface area contributed by atoms with E-state index in [1.54, 1.807) is 25.3 Å². The Morgan fingerprint density at radius 3 is 2.75 bits per heavy atom. The number of methoxy groups -OCH3 is 1. The zero-order valence-electron chi connectivity index (χ0n) is 10.7. The molecule has 0 radical (unpaired) electrons. The number of nitro benzene ring substituents is 1. The van der Waals surface area contributed by atoms with Crippen molar-refractivity contribution in [3.63, 3.8) is 0 Å². The van der Waals surface area contributed by atoms with Gasteiger partial charge in [-0.2, -0.15) is 5.26 Å². The minimum absolute atomic E-state index is 0.113. The van der Waals surface area contributed by atoms with E-state index in [2.05, 4.69) is 5.32 Å². The van der Waals surface area contributed by atoms with Crippen molar-refractivity contribution in [2.24, 2.45) is 0 Å². The topological polar surface area (TPSA) is 88.2 Å². The Morgan fingerprint density at radius 1 is 1.30 bits per heavy atom. The number of ether oxygens (including phenoxy) is 1. The van der Waals surface area contributed by atoms with E-state index in [4.69, 9.17) is 10.00 Å². The van der Waals surface area contributed by atoms with Gasteiger partial charge in [0.05, 0.1) is 23.3 Å². The molecule has 2 rings (SSSR count). The molecule has 6 heteroatoms. The van der Waals surface area contributed by atoms with Crippen molar-refractivity contribution in [1.29, 1.82) is 5.26 Å². The predicted molar refractivity (Wildman–Crippen MR) is 74.1 cm³/mol. The smallest absolute Gasteiger partial charge is 0.270 e. The Bertz CT molecular complexity index is 692. The lowest BCUT2D eigenvalue weighted by atomic mass is 10.1. The van der Waals surface area contributed by atoms with Gasteiger partial charge in [-0.3, -0.25) is 10.1 Å². The first-order chi connectivity index (χ1) is 9.63. The molecule has 0 bridgehead atoms. The molecule has 0 saturated heterocycles. The van der Waals surface area contributed by atoms with E-state index >= 15 is 0 Å². The predicted octanol–water partition coefficient (Wildman–Crippen LogP) is 3.22. The van der Waals surface area contributed by atoms with Crippen molar-refractivity contribution >= 4 is 17.1 Å². The fourth-order valence-electron chi connectivity index (χ4n) is 1.70. The fourth-order valence-corrected chi connectivity index (χ4v) is 1.70. The van der Waals surface area contributed by atoms with Gasteiger partial charge < -0.3 is 10.1 Å². The molecule has 6 nitrogen and oxygen atoms in total. The molecule has 0 saturated carbocycles. The summed E-state index contributed by atoms with van der Waals surface area (Å²) in [7, 11) is 1.56. The van der Waals surface area contributed by atoms with Gasteiger partial charge in [0.15, 0.2) is 0 Å². The van der Waals surface area contributed by atoms with Crippen molar-refractivity contribution < 1.29 is 9.66 Å². The molecule has 0 atom stereocenters. The van der Waals surface area contributed by atoms with Crippen LogP contribution in [0.15, 0.2) is 42.5 Å². The highest BCUT2D eigenvalue weighted by Gasteiger charge is 2.10. The Kier molecular flexibility index (Phi) is 3.82. The second kappa shape index (κ2) is 5.71. The van der Waals surface area contributed by atoms with Crippen LogP contribution in [-0.4, -0.2) is 12.0 Å². The quantitative estimate of drug-likeness (QED) is 0.680. The van der Waals surface area contributed by atoms with Gasteiger partial charge in [-0.15, -0.1) is 0 Å². The molecule has 0 heterocycles. The number of anilines is 2. The maximum Gasteiger partial charge on any atom is 0.270 e. The number of nitrogens with one attached hydrogen (secondary N) is 1. The molecule has 2 aromatic carbocycles. The van der Waals surface area contributed by atoms with Crippen molar-refractivity contribution in [3.8, 4) is 11.8 Å². The van der Waals surface area contributed by atoms with Crippen molar-refractivity contribution in [2.75, 3.05) is 12.4 Å². The summed E-state index contributed by atoms with van der Waals surface area (Å²) in [6.45, 7) is 0. The third-order valence-electron chi connectivity index (χ3n) is 2.68. The minimum Gasteiger partial charge on any atom is -0.497 e. The zero-order chi connectivity index (χ0) is 14.5. The summed E-state index contributed by atoms with van der Waals surface area (Å²) in [5.41, 5.74) is 1.33. The van der Waals surface area contributed by atoms with Gasteiger partial charge in [0.25, 0.3) is 5.69 Å². The number of nitrogens with zero attached hydrogens (tertiary/aromatic N) is 2. The number of nitro groups is 1. The van der Waals surface area contributed by atoms with Crippen molar-refractivity contribution in [3.05, 3.63) is 58.1 Å². The van der Waals surface area contributed by atoms with Crippen LogP contribution in [0, 0.1) is 21.4 Å². The highest BCUT2D eigenvalue weighted by molar-refractivity contribution is 5.69. The number of nitriles is 1. The Morgan fingerprint density at radius 2 is 2.10 bits per heavy atom. The average molecular weight is 269 g/mol. The minimum atomic E-state index is -0.532. The largest absolute Gasteiger partial charge is 0.497 e. The summed E-state index contributed by atoms with van der Waals surface area (Å²) in [5.74, 6) is 0.676. The number of non-ortho nitro benzene ring substituents is 1. The highest BCUT2D eigenvalue weighted by Crippen LogP contribution is 2.26. The van der Waals surface area contributed by atoms with Crippen LogP contribution in [0.2, 0.25) is 0 Å². The van der Waals surface area contributed by atoms with E-state index < -0.39 is 4.92 Å². The van der Waals surface area contributed by atoms with Crippen LogP contribution in [0.4, 0.5) is 17.1 Å². The molecule has 1 N–H and O–H groups in total. The van der Waals surface area contributed by atoms with E-state index in [1.165, 1.54) is 18.2 Å². The highest BCUT2D eigenvalue weighted by atomic mass is 16.6. The molecule has 20 heavy (non-hydrogen) atoms. The second-order valence-corrected chi connectivity index (χ2v) is 3.96. The fraction of sp³-hybridized carbons (Fsp3) is 0.0714. The number of benzene rings is 2. The molecule has 0 aliphatic carbocycles. The van der Waals surface area contributed by atoms with Crippen LogP contribution in [0.5, 0.6) is 5.75 Å². The van der Waals surface area contributed by atoms with Crippen LogP contribution in [0.1, 0.15) is 5.56 Å². The average Bonchev–Trinajstić information content (AvgIpc) is 2.47. The summed E-state index contributed by atoms with van der Waals surface area (Å²) in [4.78, 5) is 10.1. The van der Waals surface area contributed by atoms with Gasteiger partial charge in [-0.1, -0.05) is 6.07 Å². The standard InChI is InChI=1S/C14H11N3O3/c1-20-13-4-2-3-11(8-13)16-14-6-5-12(17(18)19)7-10(14)9-15/h2-8,16H,1H3. The van der Waals surface area contributed by atoms with Crippen molar-refractivity contribution in [1.82, 2.24) is 0 Å². The summed E-state index contributed by atoms with van der Waals surface area (Å²) < 4.78 is 5.11. The number of hydrogen-bond donors (Lipinski definition) is 1. The van der Waals surface area contributed by atoms with Crippen LogP contribution in [0.3, 0.4) is 0 Å². The third kappa shape index (κ3) is 2.84. The lowest BCUT2D eigenvalue weighted by Gasteiger charge is -2.09. The molecule has 0 spiro atoms. The molecule has 0 aliphatic heterocycles. The van der Waals surface area contributed by atoms with Gasteiger partial charge in [-0.25, -0.2) is 0 Å². The van der Waals surface area contributed by atoms with E-state index in [9.17, 15) is 10.1 Å². The first kappa shape index (κ1) is 13.4. The number of hydrogen-bond acceptors (Lipinski definition) is 5. The van der Waals surface area contributed by atoms with E-state index in [0.29, 0.717) is 11.4 Å². The molecule has 2 aromatic rings. The summed E-state index contributed by atoms with van der Waals surface area (Å²) in [6, 6.07) is 13.2. The molecule has 0 aromatic heterocycles. The summed E-state index contributed by atoms with van der Waals surface area (Å²) in [6.07, 6.45) is 0. The summed E-state index contributed by atoms with van der Waals surface area (Å²) >= 11 is 0. The van der Waals surface area contributed by atoms with Crippen LogP contribution in [-0.2, 0) is 0 Å². The monoisotopic (exact) mass is 269 g/mol. The maximum absolute atomic E-state index is 10.7. The van der Waals surface area contributed by atoms with Gasteiger partial charge in [-0.05, 0) is 18.2 Å². The van der Waals surface area contributed by atoms with Crippen LogP contribution in [0.25, 0.3) is 0 Å². The molecule has 0 fully saturated rings.